The van der Waals surface area contributed by atoms with Gasteiger partial charge >= 0.3 is 6.18 Å². The number of aromatic nitrogens is 3. The third kappa shape index (κ3) is 4.32. The van der Waals surface area contributed by atoms with Crippen molar-refractivity contribution in [1.82, 2.24) is 19.7 Å². The molecule has 2 aromatic rings. The predicted octanol–water partition coefficient (Wildman–Crippen LogP) is 4.30. The van der Waals surface area contributed by atoms with E-state index in [-0.39, 0.29) is 17.4 Å². The molecule has 2 aromatic heterocycles. The highest BCUT2D eigenvalue weighted by molar-refractivity contribution is 7.92. The van der Waals surface area contributed by atoms with Gasteiger partial charge in [0.1, 0.15) is 0 Å². The lowest BCUT2D eigenvalue weighted by Crippen LogP contribution is -2.50. The summed E-state index contributed by atoms with van der Waals surface area (Å²) in [5.74, 6) is 0.918. The Morgan fingerprint density at radius 1 is 1.15 bits per heavy atom. The molecule has 1 aliphatic carbocycles. The van der Waals surface area contributed by atoms with Crippen LogP contribution in [0.25, 0.3) is 11.3 Å². The van der Waals surface area contributed by atoms with Crippen LogP contribution in [0.4, 0.5) is 13.2 Å². The lowest BCUT2D eigenvalue weighted by atomic mass is 9.91. The Balaban J connectivity index is 1.34. The molecule has 10 heteroatoms. The summed E-state index contributed by atoms with van der Waals surface area (Å²) in [4.78, 5) is 6.25. The zero-order valence-corrected chi connectivity index (χ0v) is 19.7. The van der Waals surface area contributed by atoms with E-state index >= 15 is 0 Å². The Kier molecular flexibility index (Phi) is 5.39. The Labute approximate surface area is 192 Å². The number of hydrogen-bond acceptors (Lipinski definition) is 5. The highest BCUT2D eigenvalue weighted by Crippen LogP contribution is 2.46. The van der Waals surface area contributed by atoms with Gasteiger partial charge in [-0.1, -0.05) is 0 Å². The number of alkyl halides is 3. The monoisotopic (exact) mass is 482 g/mol. The molecule has 6 nitrogen and oxygen atoms in total. The van der Waals surface area contributed by atoms with E-state index < -0.39 is 21.6 Å². The van der Waals surface area contributed by atoms with E-state index in [1.165, 1.54) is 6.20 Å². The minimum absolute atomic E-state index is 0.0414. The fraction of sp³-hybridized carbons (Fsp3) is 0.652. The van der Waals surface area contributed by atoms with Gasteiger partial charge < -0.3 is 0 Å². The summed E-state index contributed by atoms with van der Waals surface area (Å²) in [5, 5.41) is 4.66. The van der Waals surface area contributed by atoms with Gasteiger partial charge in [-0.3, -0.25) is 14.6 Å². The minimum atomic E-state index is -4.45. The van der Waals surface area contributed by atoms with E-state index in [0.29, 0.717) is 28.8 Å². The smallest absolute Gasteiger partial charge is 0.300 e. The molecule has 0 amide bonds. The van der Waals surface area contributed by atoms with Crippen LogP contribution >= 0.6 is 0 Å². The van der Waals surface area contributed by atoms with Crippen molar-refractivity contribution in [1.29, 1.82) is 0 Å². The molecule has 3 aliphatic rings. The molecule has 2 saturated heterocycles. The molecule has 1 spiro atoms. The SMILES string of the molecule is CC(C)n1nc(-c2cncc(C(F)(F)F)c2)cc1[C@@H]1CC[C@H](N2CCC3(C2)CS(=O)(=O)C3)C1. The highest BCUT2D eigenvalue weighted by Gasteiger charge is 2.53. The summed E-state index contributed by atoms with van der Waals surface area (Å²) < 4.78 is 64.8. The van der Waals surface area contributed by atoms with E-state index in [1.807, 2.05) is 24.6 Å². The molecule has 0 bridgehead atoms. The summed E-state index contributed by atoms with van der Waals surface area (Å²) in [5.41, 5.74) is 1.12. The Morgan fingerprint density at radius 2 is 1.91 bits per heavy atom. The van der Waals surface area contributed by atoms with Crippen LogP contribution in [0.2, 0.25) is 0 Å². The van der Waals surface area contributed by atoms with Crippen LogP contribution in [0.1, 0.15) is 62.7 Å². The van der Waals surface area contributed by atoms with Gasteiger partial charge in [0, 0.05) is 53.6 Å². The fourth-order valence-electron chi connectivity index (χ4n) is 5.97. The number of sulfone groups is 1. The number of hydrogen-bond donors (Lipinski definition) is 0. The molecule has 2 aliphatic heterocycles. The fourth-order valence-corrected chi connectivity index (χ4v) is 8.22. The molecule has 33 heavy (non-hydrogen) atoms. The van der Waals surface area contributed by atoms with Crippen molar-refractivity contribution in [3.8, 4) is 11.3 Å². The highest BCUT2D eigenvalue weighted by atomic mass is 32.2. The molecular weight excluding hydrogens is 453 g/mol. The molecule has 0 radical (unpaired) electrons. The van der Waals surface area contributed by atoms with Gasteiger partial charge in [-0.15, -0.1) is 0 Å². The van der Waals surface area contributed by atoms with Crippen LogP contribution in [0.3, 0.4) is 0 Å². The number of rotatable bonds is 4. The summed E-state index contributed by atoms with van der Waals surface area (Å²) in [6.07, 6.45) is 1.76. The van der Waals surface area contributed by atoms with Crippen molar-refractivity contribution >= 4 is 9.84 Å². The maximum absolute atomic E-state index is 13.2. The molecule has 1 saturated carbocycles. The van der Waals surface area contributed by atoms with E-state index in [1.54, 1.807) is 0 Å². The van der Waals surface area contributed by atoms with Crippen molar-refractivity contribution in [2.75, 3.05) is 24.6 Å². The first-order chi connectivity index (χ1) is 15.4. The largest absolute Gasteiger partial charge is 0.417 e. The Hall–Kier alpha value is -1.94. The van der Waals surface area contributed by atoms with Crippen LogP contribution in [0.5, 0.6) is 0 Å². The van der Waals surface area contributed by atoms with Gasteiger partial charge in [0.2, 0.25) is 0 Å². The molecule has 0 aromatic carbocycles. The predicted molar refractivity (Wildman–Crippen MR) is 119 cm³/mol. The van der Waals surface area contributed by atoms with E-state index in [9.17, 15) is 21.6 Å². The lowest BCUT2D eigenvalue weighted by Gasteiger charge is -2.38. The quantitative estimate of drug-likeness (QED) is 0.650. The Bertz CT molecular complexity index is 1150. The summed E-state index contributed by atoms with van der Waals surface area (Å²) in [6, 6.07) is 3.53. The molecule has 0 unspecified atom stereocenters. The van der Waals surface area contributed by atoms with Gasteiger partial charge in [-0.05, 0) is 58.2 Å². The number of nitrogens with zero attached hydrogens (tertiary/aromatic N) is 4. The second-order valence-electron chi connectivity index (χ2n) is 10.4. The van der Waals surface area contributed by atoms with Crippen molar-refractivity contribution in [3.05, 3.63) is 35.8 Å². The van der Waals surface area contributed by atoms with Gasteiger partial charge in [0.15, 0.2) is 9.84 Å². The van der Waals surface area contributed by atoms with Crippen LogP contribution in [0, 0.1) is 5.41 Å². The normalized spacial score (nSPS) is 26.8. The molecule has 2 atom stereocenters. The average molecular weight is 483 g/mol. The second-order valence-corrected chi connectivity index (χ2v) is 12.4. The van der Waals surface area contributed by atoms with Gasteiger partial charge in [0.05, 0.1) is 22.8 Å². The first kappa shape index (κ1) is 22.8. The maximum Gasteiger partial charge on any atom is 0.417 e. The molecule has 0 N–H and O–H groups in total. The average Bonchev–Trinajstić information content (AvgIpc) is 3.44. The van der Waals surface area contributed by atoms with Gasteiger partial charge in [0.25, 0.3) is 0 Å². The van der Waals surface area contributed by atoms with E-state index in [0.717, 1.165) is 56.7 Å². The van der Waals surface area contributed by atoms with Crippen LogP contribution in [-0.4, -0.2) is 58.7 Å². The lowest BCUT2D eigenvalue weighted by molar-refractivity contribution is -0.137. The zero-order valence-electron chi connectivity index (χ0n) is 18.8. The molecule has 4 heterocycles. The zero-order chi connectivity index (χ0) is 23.6. The van der Waals surface area contributed by atoms with Crippen LogP contribution in [0.15, 0.2) is 24.5 Å². The minimum Gasteiger partial charge on any atom is -0.300 e. The first-order valence-electron chi connectivity index (χ1n) is 11.5. The summed E-state index contributed by atoms with van der Waals surface area (Å²) in [6.45, 7) is 5.85. The molecule has 180 valence electrons. The van der Waals surface area contributed by atoms with Crippen LogP contribution < -0.4 is 0 Å². The molecule has 3 fully saturated rings. The van der Waals surface area contributed by atoms with Crippen molar-refractivity contribution in [2.45, 2.75) is 63.7 Å². The number of halogens is 3. The van der Waals surface area contributed by atoms with Crippen molar-refractivity contribution in [2.24, 2.45) is 5.41 Å². The third-order valence-electron chi connectivity index (χ3n) is 7.47. The first-order valence-corrected chi connectivity index (χ1v) is 13.3. The van der Waals surface area contributed by atoms with Crippen molar-refractivity contribution < 1.29 is 21.6 Å². The maximum atomic E-state index is 13.2. The van der Waals surface area contributed by atoms with Crippen molar-refractivity contribution in [3.63, 3.8) is 0 Å². The number of pyridine rings is 1. The Morgan fingerprint density at radius 3 is 2.58 bits per heavy atom. The number of likely N-dealkylation sites (tertiary alicyclic amines) is 1. The molecular formula is C23H29F3N4O2S. The van der Waals surface area contributed by atoms with E-state index in [2.05, 4.69) is 15.0 Å². The van der Waals surface area contributed by atoms with Gasteiger partial charge in [-0.25, -0.2) is 8.42 Å². The topological polar surface area (TPSA) is 68.1 Å². The second kappa shape index (κ2) is 7.80. The summed E-state index contributed by atoms with van der Waals surface area (Å²) in [7, 11) is -2.84. The molecule has 5 rings (SSSR count). The third-order valence-corrected chi connectivity index (χ3v) is 9.58. The van der Waals surface area contributed by atoms with E-state index in [4.69, 9.17) is 0 Å². The van der Waals surface area contributed by atoms with Gasteiger partial charge in [-0.2, -0.15) is 18.3 Å². The summed E-state index contributed by atoms with van der Waals surface area (Å²) >= 11 is 0. The standard InChI is InChI=1S/C23H29F3N4O2S/c1-15(2)30-21(9-20(28-30)17-7-18(11-27-10-17)23(24,25)26)16-3-4-19(8-16)29-6-5-22(12-29)13-33(31,32)14-22/h7,9-11,15-16,19H,3-6,8,12-14H2,1-2H3/t16-,19+/m1/s1. The van der Waals surface area contributed by atoms with Crippen LogP contribution in [-0.2, 0) is 16.0 Å².